The Labute approximate surface area is 145 Å². The number of pyridine rings is 1. The van der Waals surface area contributed by atoms with Crippen molar-refractivity contribution in [2.45, 2.75) is 33.2 Å². The van der Waals surface area contributed by atoms with Crippen molar-refractivity contribution in [1.82, 2.24) is 20.3 Å². The molecule has 1 atom stereocenters. The van der Waals surface area contributed by atoms with Gasteiger partial charge < -0.3 is 15.3 Å². The lowest BCUT2D eigenvalue weighted by Gasteiger charge is -2.18. The minimum atomic E-state index is -0.396. The molecule has 3 rings (SSSR count). The van der Waals surface area contributed by atoms with Gasteiger partial charge in [-0.1, -0.05) is 26.0 Å². The van der Waals surface area contributed by atoms with Crippen LogP contribution in [0.3, 0.4) is 0 Å². The molecule has 2 aromatic heterocycles. The molecule has 0 aliphatic rings. The zero-order chi connectivity index (χ0) is 18.0. The number of hydrogen-bond acceptors (Lipinski definition) is 3. The van der Waals surface area contributed by atoms with Crippen LogP contribution in [0.15, 0.2) is 41.2 Å². The quantitative estimate of drug-likeness (QED) is 0.668. The number of para-hydroxylation sites is 2. The van der Waals surface area contributed by atoms with Gasteiger partial charge in [0.15, 0.2) is 0 Å². The van der Waals surface area contributed by atoms with Crippen molar-refractivity contribution in [2.75, 3.05) is 0 Å². The van der Waals surface area contributed by atoms with Crippen molar-refractivity contribution in [3.05, 3.63) is 63.8 Å². The van der Waals surface area contributed by atoms with Crippen LogP contribution in [-0.4, -0.2) is 20.9 Å². The van der Waals surface area contributed by atoms with Gasteiger partial charge in [-0.15, -0.1) is 0 Å². The molecule has 3 aromatic rings. The van der Waals surface area contributed by atoms with Crippen molar-refractivity contribution in [1.29, 1.82) is 0 Å². The van der Waals surface area contributed by atoms with Crippen LogP contribution in [0.2, 0.25) is 0 Å². The number of carbonyl (C=O) groups is 1. The molecular formula is C19H22N4O2. The third-order valence-electron chi connectivity index (χ3n) is 4.05. The smallest absolute Gasteiger partial charge is 0.260 e. The number of benzene rings is 1. The number of imidazole rings is 1. The fraction of sp³-hybridized carbons (Fsp3) is 0.316. The molecule has 0 bridgehead atoms. The van der Waals surface area contributed by atoms with E-state index in [-0.39, 0.29) is 17.2 Å². The molecule has 0 saturated heterocycles. The second kappa shape index (κ2) is 6.93. The van der Waals surface area contributed by atoms with E-state index in [2.05, 4.69) is 34.1 Å². The van der Waals surface area contributed by atoms with Crippen molar-refractivity contribution in [2.24, 2.45) is 5.92 Å². The Morgan fingerprint density at radius 3 is 2.60 bits per heavy atom. The summed E-state index contributed by atoms with van der Waals surface area (Å²) in [5.74, 6) is 0.661. The van der Waals surface area contributed by atoms with Gasteiger partial charge in [0.1, 0.15) is 11.4 Å². The number of nitrogens with one attached hydrogen (secondary N) is 3. The molecular weight excluding hydrogens is 316 g/mol. The Morgan fingerprint density at radius 2 is 1.92 bits per heavy atom. The van der Waals surface area contributed by atoms with E-state index in [1.165, 1.54) is 0 Å². The maximum absolute atomic E-state index is 12.6. The van der Waals surface area contributed by atoms with Gasteiger partial charge in [-0.05, 0) is 43.5 Å². The number of aryl methyl sites for hydroxylation is 1. The third-order valence-corrected chi connectivity index (χ3v) is 4.05. The van der Waals surface area contributed by atoms with Crippen LogP contribution >= 0.6 is 0 Å². The number of fused-ring (bicyclic) bond motifs is 1. The Morgan fingerprint density at radius 1 is 1.16 bits per heavy atom. The summed E-state index contributed by atoms with van der Waals surface area (Å²) in [5.41, 5.74) is 2.22. The van der Waals surface area contributed by atoms with E-state index < -0.39 is 5.91 Å². The van der Waals surface area contributed by atoms with Gasteiger partial charge in [0.2, 0.25) is 0 Å². The van der Waals surface area contributed by atoms with Crippen molar-refractivity contribution >= 4 is 16.9 Å². The summed E-state index contributed by atoms with van der Waals surface area (Å²) in [5, 5.41) is 2.95. The molecule has 3 N–H and O–H groups in total. The van der Waals surface area contributed by atoms with Gasteiger partial charge in [-0.3, -0.25) is 9.59 Å². The summed E-state index contributed by atoms with van der Waals surface area (Å²) in [4.78, 5) is 35.1. The molecule has 0 aliphatic carbocycles. The minimum absolute atomic E-state index is 0.107. The Balaban J connectivity index is 1.90. The molecule has 0 spiro atoms. The van der Waals surface area contributed by atoms with Crippen LogP contribution in [0.5, 0.6) is 0 Å². The highest BCUT2D eigenvalue weighted by Gasteiger charge is 2.21. The van der Waals surface area contributed by atoms with Crippen LogP contribution in [0.25, 0.3) is 11.0 Å². The van der Waals surface area contributed by atoms with Gasteiger partial charge in [-0.2, -0.15) is 0 Å². The molecule has 6 heteroatoms. The van der Waals surface area contributed by atoms with E-state index in [1.54, 1.807) is 19.1 Å². The predicted octanol–water partition coefficient (Wildman–Crippen LogP) is 3.08. The number of H-pyrrole nitrogens is 2. The molecule has 0 unspecified atom stereocenters. The number of amides is 1. The van der Waals surface area contributed by atoms with Crippen LogP contribution in [0, 0.1) is 12.8 Å². The highest BCUT2D eigenvalue weighted by Crippen LogP contribution is 2.22. The standard InChI is InChI=1S/C19H22N4O2/c1-11(2)10-16(17-21-14-6-4-5-7-15(14)22-17)23-19(25)13-9-8-12(3)20-18(13)24/h4-9,11,16H,10H2,1-3H3,(H,20,24)(H,21,22)(H,23,25)/t16-/m0/s1. The highest BCUT2D eigenvalue weighted by atomic mass is 16.2. The molecule has 0 radical (unpaired) electrons. The minimum Gasteiger partial charge on any atom is -0.342 e. The van der Waals surface area contributed by atoms with Crippen molar-refractivity contribution in [3.63, 3.8) is 0 Å². The monoisotopic (exact) mass is 338 g/mol. The first-order chi connectivity index (χ1) is 11.9. The normalized spacial score (nSPS) is 12.5. The molecule has 130 valence electrons. The summed E-state index contributed by atoms with van der Waals surface area (Å²) in [7, 11) is 0. The molecule has 0 aliphatic heterocycles. The van der Waals surface area contributed by atoms with Gasteiger partial charge in [-0.25, -0.2) is 4.98 Å². The zero-order valence-electron chi connectivity index (χ0n) is 14.6. The second-order valence-electron chi connectivity index (χ2n) is 6.68. The molecule has 1 amide bonds. The van der Waals surface area contributed by atoms with E-state index in [4.69, 9.17) is 0 Å². The number of aromatic amines is 2. The van der Waals surface area contributed by atoms with Crippen LogP contribution in [0.4, 0.5) is 0 Å². The first kappa shape index (κ1) is 17.0. The lowest BCUT2D eigenvalue weighted by molar-refractivity contribution is 0.0928. The van der Waals surface area contributed by atoms with Crippen LogP contribution < -0.4 is 10.9 Å². The average molecular weight is 338 g/mol. The predicted molar refractivity (Wildman–Crippen MR) is 97.6 cm³/mol. The average Bonchev–Trinajstić information content (AvgIpc) is 2.97. The summed E-state index contributed by atoms with van der Waals surface area (Å²) < 4.78 is 0. The van der Waals surface area contributed by atoms with E-state index in [0.29, 0.717) is 11.7 Å². The maximum atomic E-state index is 12.6. The number of rotatable bonds is 5. The fourth-order valence-corrected chi connectivity index (χ4v) is 2.83. The van der Waals surface area contributed by atoms with Gasteiger partial charge in [0, 0.05) is 5.69 Å². The second-order valence-corrected chi connectivity index (χ2v) is 6.68. The summed E-state index contributed by atoms with van der Waals surface area (Å²) in [6, 6.07) is 10.7. The fourth-order valence-electron chi connectivity index (χ4n) is 2.83. The lowest BCUT2D eigenvalue weighted by Crippen LogP contribution is -2.34. The zero-order valence-corrected chi connectivity index (χ0v) is 14.6. The van der Waals surface area contributed by atoms with E-state index in [1.807, 2.05) is 24.3 Å². The number of nitrogens with zero attached hydrogens (tertiary/aromatic N) is 1. The van der Waals surface area contributed by atoms with Crippen molar-refractivity contribution < 1.29 is 4.79 Å². The van der Waals surface area contributed by atoms with E-state index >= 15 is 0 Å². The molecule has 2 heterocycles. The van der Waals surface area contributed by atoms with Gasteiger partial charge in [0.05, 0.1) is 17.1 Å². The summed E-state index contributed by atoms with van der Waals surface area (Å²) in [6.07, 6.45) is 0.718. The number of aromatic nitrogens is 3. The molecule has 1 aromatic carbocycles. The van der Waals surface area contributed by atoms with E-state index in [0.717, 1.165) is 23.1 Å². The SMILES string of the molecule is Cc1ccc(C(=O)N[C@@H](CC(C)C)c2nc3ccccc3[nH]2)c(=O)[nH]1. The molecule has 6 nitrogen and oxygen atoms in total. The Hall–Kier alpha value is -2.89. The molecule has 25 heavy (non-hydrogen) atoms. The number of carbonyl (C=O) groups excluding carboxylic acids is 1. The van der Waals surface area contributed by atoms with Crippen molar-refractivity contribution in [3.8, 4) is 0 Å². The lowest BCUT2D eigenvalue weighted by atomic mass is 10.0. The van der Waals surface area contributed by atoms with Crippen LogP contribution in [-0.2, 0) is 0 Å². The van der Waals surface area contributed by atoms with Crippen LogP contribution in [0.1, 0.15) is 48.2 Å². The molecule has 0 fully saturated rings. The first-order valence-electron chi connectivity index (χ1n) is 8.39. The third kappa shape index (κ3) is 3.79. The Bertz CT molecular complexity index is 922. The largest absolute Gasteiger partial charge is 0.342 e. The highest BCUT2D eigenvalue weighted by molar-refractivity contribution is 5.94. The molecule has 0 saturated carbocycles. The van der Waals surface area contributed by atoms with Gasteiger partial charge >= 0.3 is 0 Å². The van der Waals surface area contributed by atoms with Gasteiger partial charge in [0.25, 0.3) is 11.5 Å². The number of hydrogen-bond donors (Lipinski definition) is 3. The summed E-state index contributed by atoms with van der Waals surface area (Å²) >= 11 is 0. The van der Waals surface area contributed by atoms with E-state index in [9.17, 15) is 9.59 Å². The topological polar surface area (TPSA) is 90.6 Å². The first-order valence-corrected chi connectivity index (χ1v) is 8.39. The maximum Gasteiger partial charge on any atom is 0.260 e. The summed E-state index contributed by atoms with van der Waals surface area (Å²) in [6.45, 7) is 5.94. The Kier molecular flexibility index (Phi) is 4.70.